The van der Waals surface area contributed by atoms with Crippen LogP contribution in [-0.2, 0) is 0 Å². The van der Waals surface area contributed by atoms with Crippen molar-refractivity contribution in [3.63, 3.8) is 0 Å². The fraction of sp³-hybridized carbons (Fsp3) is 0.600. The first-order valence-electron chi connectivity index (χ1n) is 5.13. The van der Waals surface area contributed by atoms with E-state index in [0.29, 0.717) is 12.0 Å². The van der Waals surface area contributed by atoms with Crippen molar-refractivity contribution in [2.24, 2.45) is 0 Å². The monoisotopic (exact) mass is 192 g/mol. The summed E-state index contributed by atoms with van der Waals surface area (Å²) in [6, 6.07) is 2.42. The molecule has 0 spiro atoms. The molecule has 0 radical (unpaired) electrons. The number of aromatic nitrogens is 2. The highest BCUT2D eigenvalue weighted by Gasteiger charge is 2.25. The van der Waals surface area contributed by atoms with Gasteiger partial charge in [-0.2, -0.15) is 0 Å². The van der Waals surface area contributed by atoms with E-state index in [1.54, 1.807) is 6.20 Å². The Kier molecular flexibility index (Phi) is 2.63. The summed E-state index contributed by atoms with van der Waals surface area (Å²) >= 11 is 0. The van der Waals surface area contributed by atoms with Crippen molar-refractivity contribution in [3.05, 3.63) is 18.0 Å². The molecule has 2 heterocycles. The Morgan fingerprint density at radius 1 is 1.64 bits per heavy atom. The van der Waals surface area contributed by atoms with Crippen LogP contribution in [0.2, 0.25) is 0 Å². The van der Waals surface area contributed by atoms with Gasteiger partial charge in [-0.3, -0.25) is 4.90 Å². The number of nitrogen functional groups attached to an aromatic ring is 1. The maximum atomic E-state index is 5.57. The zero-order valence-electron chi connectivity index (χ0n) is 8.48. The maximum Gasteiger partial charge on any atom is 0.220 e. The fourth-order valence-electron chi connectivity index (χ4n) is 2.11. The van der Waals surface area contributed by atoms with Gasteiger partial charge in [-0.15, -0.1) is 0 Å². The Morgan fingerprint density at radius 3 is 3.21 bits per heavy atom. The summed E-state index contributed by atoms with van der Waals surface area (Å²) in [6.07, 6.45) is 4.18. The molecule has 14 heavy (non-hydrogen) atoms. The SMILES string of the molecule is CCN1CCC[C@H]1c1ccnc(N)n1. The standard InChI is InChI=1S/C10H16N4/c1-2-14-7-3-4-9(14)8-5-6-12-10(11)13-8/h5-6,9H,2-4,7H2,1H3,(H2,11,12,13)/t9-/m0/s1. The molecular formula is C10H16N4. The third kappa shape index (κ3) is 1.70. The van der Waals surface area contributed by atoms with Gasteiger partial charge in [-0.05, 0) is 32.0 Å². The minimum Gasteiger partial charge on any atom is -0.368 e. The van der Waals surface area contributed by atoms with Crippen LogP contribution in [0.5, 0.6) is 0 Å². The Bertz CT molecular complexity index is 313. The molecule has 76 valence electrons. The summed E-state index contributed by atoms with van der Waals surface area (Å²) in [4.78, 5) is 10.6. The van der Waals surface area contributed by atoms with Crippen molar-refractivity contribution in [2.45, 2.75) is 25.8 Å². The van der Waals surface area contributed by atoms with Gasteiger partial charge in [0.05, 0.1) is 11.7 Å². The summed E-state index contributed by atoms with van der Waals surface area (Å²) in [6.45, 7) is 4.43. The lowest BCUT2D eigenvalue weighted by atomic mass is 10.1. The third-order valence-corrected chi connectivity index (χ3v) is 2.81. The Morgan fingerprint density at radius 2 is 2.50 bits per heavy atom. The van der Waals surface area contributed by atoms with Crippen molar-refractivity contribution in [1.29, 1.82) is 0 Å². The van der Waals surface area contributed by atoms with Crippen LogP contribution < -0.4 is 5.73 Å². The van der Waals surface area contributed by atoms with Crippen LogP contribution in [0.15, 0.2) is 12.3 Å². The van der Waals surface area contributed by atoms with Gasteiger partial charge in [-0.25, -0.2) is 9.97 Å². The van der Waals surface area contributed by atoms with Gasteiger partial charge in [0, 0.05) is 6.20 Å². The molecule has 4 heteroatoms. The van der Waals surface area contributed by atoms with Crippen molar-refractivity contribution in [2.75, 3.05) is 18.8 Å². The lowest BCUT2D eigenvalue weighted by Gasteiger charge is -2.21. The van der Waals surface area contributed by atoms with Crippen molar-refractivity contribution < 1.29 is 0 Å². The smallest absolute Gasteiger partial charge is 0.220 e. The molecule has 1 atom stereocenters. The molecule has 0 bridgehead atoms. The van der Waals surface area contributed by atoms with E-state index < -0.39 is 0 Å². The van der Waals surface area contributed by atoms with E-state index in [4.69, 9.17) is 5.73 Å². The van der Waals surface area contributed by atoms with Gasteiger partial charge in [0.1, 0.15) is 0 Å². The molecule has 1 aliphatic rings. The molecule has 1 aliphatic heterocycles. The number of anilines is 1. The molecule has 1 aromatic heterocycles. The molecule has 2 rings (SSSR count). The lowest BCUT2D eigenvalue weighted by Crippen LogP contribution is -2.23. The average molecular weight is 192 g/mol. The normalized spacial score (nSPS) is 22.8. The van der Waals surface area contributed by atoms with E-state index >= 15 is 0 Å². The lowest BCUT2D eigenvalue weighted by molar-refractivity contribution is 0.267. The summed E-state index contributed by atoms with van der Waals surface area (Å²) < 4.78 is 0. The zero-order chi connectivity index (χ0) is 9.97. The molecule has 1 fully saturated rings. The van der Waals surface area contributed by atoms with Crippen molar-refractivity contribution in [3.8, 4) is 0 Å². The topological polar surface area (TPSA) is 55.0 Å². The minimum absolute atomic E-state index is 0.380. The molecule has 0 aliphatic carbocycles. The highest BCUT2D eigenvalue weighted by atomic mass is 15.2. The second-order valence-electron chi connectivity index (χ2n) is 3.63. The molecule has 4 nitrogen and oxygen atoms in total. The van der Waals surface area contributed by atoms with Gasteiger partial charge in [0.2, 0.25) is 5.95 Å². The molecule has 0 saturated carbocycles. The van der Waals surface area contributed by atoms with Gasteiger partial charge < -0.3 is 5.73 Å². The summed E-state index contributed by atoms with van der Waals surface area (Å²) in [5.41, 5.74) is 6.64. The Hall–Kier alpha value is -1.16. The first-order chi connectivity index (χ1) is 6.81. The molecule has 2 N–H and O–H groups in total. The maximum absolute atomic E-state index is 5.57. The molecule has 0 unspecified atom stereocenters. The first-order valence-corrected chi connectivity index (χ1v) is 5.13. The summed E-state index contributed by atoms with van der Waals surface area (Å²) in [5.74, 6) is 0.380. The van der Waals surface area contributed by atoms with E-state index in [9.17, 15) is 0 Å². The van der Waals surface area contributed by atoms with Crippen LogP contribution in [0.3, 0.4) is 0 Å². The highest BCUT2D eigenvalue weighted by molar-refractivity contribution is 5.20. The van der Waals surface area contributed by atoms with Gasteiger partial charge in [0.15, 0.2) is 0 Å². The van der Waals surface area contributed by atoms with Crippen LogP contribution in [0.4, 0.5) is 5.95 Å². The molecule has 0 amide bonds. The van der Waals surface area contributed by atoms with E-state index in [-0.39, 0.29) is 0 Å². The quantitative estimate of drug-likeness (QED) is 0.765. The predicted octanol–water partition coefficient (Wildman–Crippen LogP) is 1.22. The van der Waals surface area contributed by atoms with Crippen LogP contribution in [0.25, 0.3) is 0 Å². The molecule has 1 aromatic rings. The van der Waals surface area contributed by atoms with E-state index in [1.807, 2.05) is 6.07 Å². The van der Waals surface area contributed by atoms with Crippen LogP contribution in [0.1, 0.15) is 31.5 Å². The van der Waals surface area contributed by atoms with Crippen LogP contribution in [-0.4, -0.2) is 28.0 Å². The minimum atomic E-state index is 0.380. The third-order valence-electron chi connectivity index (χ3n) is 2.81. The van der Waals surface area contributed by atoms with Gasteiger partial charge >= 0.3 is 0 Å². The van der Waals surface area contributed by atoms with Crippen LogP contribution in [0, 0.1) is 0 Å². The van der Waals surface area contributed by atoms with Crippen LogP contribution >= 0.6 is 0 Å². The number of hydrogen-bond donors (Lipinski definition) is 1. The summed E-state index contributed by atoms with van der Waals surface area (Å²) in [7, 11) is 0. The predicted molar refractivity (Wildman–Crippen MR) is 55.7 cm³/mol. The van der Waals surface area contributed by atoms with Gasteiger partial charge in [0.25, 0.3) is 0 Å². The number of nitrogens with two attached hydrogens (primary N) is 1. The van der Waals surface area contributed by atoms with E-state index in [0.717, 1.165) is 12.2 Å². The van der Waals surface area contributed by atoms with Crippen molar-refractivity contribution >= 4 is 5.95 Å². The van der Waals surface area contributed by atoms with E-state index in [2.05, 4.69) is 21.8 Å². The zero-order valence-corrected chi connectivity index (χ0v) is 8.48. The molecule has 0 aromatic carbocycles. The molecular weight excluding hydrogens is 176 g/mol. The second-order valence-corrected chi connectivity index (χ2v) is 3.63. The number of hydrogen-bond acceptors (Lipinski definition) is 4. The summed E-state index contributed by atoms with van der Waals surface area (Å²) in [5, 5.41) is 0. The second kappa shape index (κ2) is 3.92. The average Bonchev–Trinajstić information content (AvgIpc) is 2.65. The number of likely N-dealkylation sites (tertiary alicyclic amines) is 1. The van der Waals surface area contributed by atoms with Crippen molar-refractivity contribution in [1.82, 2.24) is 14.9 Å². The highest BCUT2D eigenvalue weighted by Crippen LogP contribution is 2.29. The first kappa shape index (κ1) is 9.40. The van der Waals surface area contributed by atoms with Gasteiger partial charge in [-0.1, -0.05) is 6.92 Å². The number of nitrogens with zero attached hydrogens (tertiary/aromatic N) is 3. The molecule has 1 saturated heterocycles. The Balaban J connectivity index is 2.21. The largest absolute Gasteiger partial charge is 0.368 e. The number of rotatable bonds is 2. The van der Waals surface area contributed by atoms with E-state index in [1.165, 1.54) is 19.4 Å². The Labute approximate surface area is 84.2 Å². The fourth-order valence-corrected chi connectivity index (χ4v) is 2.11.